The molecule has 0 amide bonds. The van der Waals surface area contributed by atoms with E-state index in [2.05, 4.69) is 20.8 Å². The molecule has 0 N–H and O–H groups in total. The first-order valence-corrected chi connectivity index (χ1v) is 5.66. The Labute approximate surface area is 97.4 Å². The van der Waals surface area contributed by atoms with E-state index in [-0.39, 0.29) is 22.9 Å². The second-order valence-corrected chi connectivity index (χ2v) is 5.52. The molecule has 0 aromatic carbocycles. The molecule has 0 spiro atoms. The van der Waals surface area contributed by atoms with E-state index in [1.165, 1.54) is 0 Å². The fraction of sp³-hybridized carbons (Fsp3) is 0.571. The van der Waals surface area contributed by atoms with Crippen molar-refractivity contribution in [2.45, 2.75) is 41.0 Å². The molecular weight excluding hydrogens is 200 g/mol. The van der Waals surface area contributed by atoms with Gasteiger partial charge >= 0.3 is 0 Å². The maximum atomic E-state index is 11.5. The highest BCUT2D eigenvalue weighted by atomic mass is 16.1. The minimum Gasteiger partial charge on any atom is -0.299 e. The van der Waals surface area contributed by atoms with Gasteiger partial charge in [0.2, 0.25) is 0 Å². The Morgan fingerprint density at radius 2 is 1.81 bits per heavy atom. The zero-order valence-electron chi connectivity index (χ0n) is 10.8. The van der Waals surface area contributed by atoms with Crippen LogP contribution in [-0.4, -0.2) is 11.6 Å². The third kappa shape index (κ3) is 2.91. The number of rotatable bonds is 2. The van der Waals surface area contributed by atoms with Crippen LogP contribution in [0.3, 0.4) is 0 Å². The topological polar surface area (TPSA) is 34.1 Å². The van der Waals surface area contributed by atoms with Crippen molar-refractivity contribution < 1.29 is 9.59 Å². The summed E-state index contributed by atoms with van der Waals surface area (Å²) in [7, 11) is 0. The molecule has 0 aliphatic heterocycles. The third-order valence-electron chi connectivity index (χ3n) is 2.99. The molecule has 1 unspecified atom stereocenters. The Balaban J connectivity index is 3.13. The maximum Gasteiger partial charge on any atom is 0.155 e. The summed E-state index contributed by atoms with van der Waals surface area (Å²) in [5.41, 5.74) is 1.84. The summed E-state index contributed by atoms with van der Waals surface area (Å²) in [6.45, 7) is 9.43. The monoisotopic (exact) mass is 220 g/mol. The smallest absolute Gasteiger partial charge is 0.155 e. The van der Waals surface area contributed by atoms with Crippen LogP contribution >= 0.6 is 0 Å². The highest BCUT2D eigenvalue weighted by Crippen LogP contribution is 2.34. The van der Waals surface area contributed by atoms with E-state index in [0.29, 0.717) is 6.42 Å². The molecule has 16 heavy (non-hydrogen) atoms. The zero-order valence-corrected chi connectivity index (χ0v) is 10.8. The molecule has 0 saturated carbocycles. The molecule has 88 valence electrons. The summed E-state index contributed by atoms with van der Waals surface area (Å²) in [4.78, 5) is 22.9. The van der Waals surface area contributed by atoms with E-state index >= 15 is 0 Å². The fourth-order valence-corrected chi connectivity index (χ4v) is 1.78. The van der Waals surface area contributed by atoms with Gasteiger partial charge in [-0.2, -0.15) is 0 Å². The van der Waals surface area contributed by atoms with Gasteiger partial charge in [0.05, 0.1) is 0 Å². The Morgan fingerprint density at radius 1 is 1.25 bits per heavy atom. The third-order valence-corrected chi connectivity index (χ3v) is 2.99. The van der Waals surface area contributed by atoms with Crippen LogP contribution in [0.4, 0.5) is 0 Å². The predicted octanol–water partition coefficient (Wildman–Crippen LogP) is 3.08. The highest BCUT2D eigenvalue weighted by Gasteiger charge is 2.25. The lowest BCUT2D eigenvalue weighted by molar-refractivity contribution is -0.119. The van der Waals surface area contributed by atoms with Crippen molar-refractivity contribution in [2.24, 2.45) is 11.3 Å². The van der Waals surface area contributed by atoms with E-state index in [1.807, 2.05) is 12.2 Å². The quantitative estimate of drug-likeness (QED) is 0.716. The van der Waals surface area contributed by atoms with E-state index in [9.17, 15) is 9.59 Å². The summed E-state index contributed by atoms with van der Waals surface area (Å²) in [5, 5.41) is 0. The van der Waals surface area contributed by atoms with Crippen molar-refractivity contribution in [1.82, 2.24) is 0 Å². The van der Waals surface area contributed by atoms with Gasteiger partial charge in [-0.1, -0.05) is 32.9 Å². The zero-order chi connectivity index (χ0) is 12.5. The van der Waals surface area contributed by atoms with Crippen molar-refractivity contribution in [3.05, 3.63) is 23.3 Å². The summed E-state index contributed by atoms with van der Waals surface area (Å²) < 4.78 is 0. The lowest BCUT2D eigenvalue weighted by Gasteiger charge is -2.27. The lowest BCUT2D eigenvalue weighted by atomic mass is 9.77. The molecule has 0 radical (unpaired) electrons. The molecule has 1 rings (SSSR count). The van der Waals surface area contributed by atoms with Gasteiger partial charge in [0, 0.05) is 5.92 Å². The molecule has 1 atom stereocenters. The van der Waals surface area contributed by atoms with E-state index in [4.69, 9.17) is 0 Å². The number of ketones is 2. The van der Waals surface area contributed by atoms with Crippen molar-refractivity contribution in [3.8, 4) is 0 Å². The van der Waals surface area contributed by atoms with Crippen molar-refractivity contribution in [2.75, 3.05) is 0 Å². The number of Topliss-reactive ketones (excluding diaryl/α,β-unsaturated/α-hetero) is 2. The highest BCUT2D eigenvalue weighted by molar-refractivity contribution is 5.95. The maximum absolute atomic E-state index is 11.5. The average molecular weight is 220 g/mol. The molecule has 2 heteroatoms. The molecular formula is C14H20O2. The van der Waals surface area contributed by atoms with Gasteiger partial charge < -0.3 is 0 Å². The standard InChI is InChI=1S/C14H20O2/c1-9(15)11-6-12(10(2)16)8-13(7-11)14(3,4)5/h7-8,11H,6H2,1-5H3. The normalized spacial score (nSPS) is 21.2. The van der Waals surface area contributed by atoms with Gasteiger partial charge in [-0.25, -0.2) is 0 Å². The van der Waals surface area contributed by atoms with Crippen LogP contribution in [0.25, 0.3) is 0 Å². The van der Waals surface area contributed by atoms with Gasteiger partial charge in [0.25, 0.3) is 0 Å². The van der Waals surface area contributed by atoms with Gasteiger partial charge in [-0.15, -0.1) is 0 Å². The van der Waals surface area contributed by atoms with Crippen molar-refractivity contribution in [1.29, 1.82) is 0 Å². The number of carbonyl (C=O) groups is 2. The van der Waals surface area contributed by atoms with Gasteiger partial charge in [-0.05, 0) is 36.8 Å². The average Bonchev–Trinajstić information content (AvgIpc) is 2.15. The molecule has 1 aliphatic rings. The van der Waals surface area contributed by atoms with Gasteiger partial charge in [0.1, 0.15) is 5.78 Å². The molecule has 1 aliphatic carbocycles. The second kappa shape index (κ2) is 4.36. The molecule has 0 heterocycles. The largest absolute Gasteiger partial charge is 0.299 e. The minimum absolute atomic E-state index is 0.0190. The first-order valence-electron chi connectivity index (χ1n) is 5.66. The number of allylic oxidation sites excluding steroid dienone is 4. The Bertz CT molecular complexity index is 378. The van der Waals surface area contributed by atoms with E-state index < -0.39 is 0 Å². The second-order valence-electron chi connectivity index (χ2n) is 5.52. The fourth-order valence-electron chi connectivity index (χ4n) is 1.78. The lowest BCUT2D eigenvalue weighted by Crippen LogP contribution is -2.20. The predicted molar refractivity (Wildman–Crippen MR) is 65.1 cm³/mol. The molecule has 0 aromatic heterocycles. The minimum atomic E-state index is -0.127. The Hall–Kier alpha value is -1.18. The number of carbonyl (C=O) groups excluding carboxylic acids is 2. The summed E-state index contributed by atoms with van der Waals surface area (Å²) >= 11 is 0. The van der Waals surface area contributed by atoms with Crippen LogP contribution in [0.5, 0.6) is 0 Å². The molecule has 0 bridgehead atoms. The SMILES string of the molecule is CC(=O)C1=CC(C(C)(C)C)=CC(C(C)=O)C1. The molecule has 0 fully saturated rings. The van der Waals surface area contributed by atoms with Crippen LogP contribution in [0, 0.1) is 11.3 Å². The number of hydrogen-bond donors (Lipinski definition) is 0. The van der Waals surface area contributed by atoms with Gasteiger partial charge in [-0.3, -0.25) is 9.59 Å². The van der Waals surface area contributed by atoms with Crippen molar-refractivity contribution in [3.63, 3.8) is 0 Å². The van der Waals surface area contributed by atoms with E-state index in [0.717, 1.165) is 11.1 Å². The Kier molecular flexibility index (Phi) is 3.51. The summed E-state index contributed by atoms with van der Waals surface area (Å²) in [6, 6.07) is 0. The van der Waals surface area contributed by atoms with Crippen LogP contribution in [-0.2, 0) is 9.59 Å². The van der Waals surface area contributed by atoms with E-state index in [1.54, 1.807) is 13.8 Å². The first-order chi connectivity index (χ1) is 7.21. The Morgan fingerprint density at radius 3 is 2.19 bits per heavy atom. The molecule has 0 aromatic rings. The van der Waals surface area contributed by atoms with Gasteiger partial charge in [0.15, 0.2) is 5.78 Å². The van der Waals surface area contributed by atoms with Crippen LogP contribution in [0.15, 0.2) is 23.3 Å². The summed E-state index contributed by atoms with van der Waals surface area (Å²) in [6.07, 6.45) is 4.51. The van der Waals surface area contributed by atoms with Crippen LogP contribution in [0.2, 0.25) is 0 Å². The first kappa shape index (κ1) is 12.9. The summed E-state index contributed by atoms with van der Waals surface area (Å²) in [5.74, 6) is 0.0767. The molecule has 2 nitrogen and oxygen atoms in total. The van der Waals surface area contributed by atoms with Crippen LogP contribution in [0.1, 0.15) is 41.0 Å². The van der Waals surface area contributed by atoms with Crippen molar-refractivity contribution >= 4 is 11.6 Å². The number of hydrogen-bond acceptors (Lipinski definition) is 2. The van der Waals surface area contributed by atoms with Crippen LogP contribution < -0.4 is 0 Å². The molecule has 0 saturated heterocycles.